The summed E-state index contributed by atoms with van der Waals surface area (Å²) >= 11 is 0. The monoisotopic (exact) mass is 546 g/mol. The molecule has 1 aromatic heterocycles. The minimum Gasteiger partial charge on any atom is -0.489 e. The van der Waals surface area contributed by atoms with Crippen molar-refractivity contribution in [3.8, 4) is 5.75 Å². The van der Waals surface area contributed by atoms with Crippen molar-refractivity contribution in [2.24, 2.45) is 0 Å². The fourth-order valence-corrected chi connectivity index (χ4v) is 6.39. The molecule has 7 rings (SSSR count). The molecule has 3 fully saturated rings. The number of nitrogens with one attached hydrogen (secondary N) is 1. The van der Waals surface area contributed by atoms with Crippen molar-refractivity contribution in [3.05, 3.63) is 59.0 Å². The van der Waals surface area contributed by atoms with Gasteiger partial charge < -0.3 is 24.6 Å². The molecule has 210 valence electrons. The van der Waals surface area contributed by atoms with Gasteiger partial charge in [-0.25, -0.2) is 14.4 Å². The minimum atomic E-state index is -0.246. The molecule has 4 aliphatic rings. The third-order valence-corrected chi connectivity index (χ3v) is 8.58. The zero-order valence-electron chi connectivity index (χ0n) is 22.6. The Morgan fingerprint density at radius 3 is 2.88 bits per heavy atom. The average Bonchev–Trinajstić information content (AvgIpc) is 3.57. The van der Waals surface area contributed by atoms with Gasteiger partial charge in [-0.15, -0.1) is 0 Å². The highest BCUT2D eigenvalue weighted by Gasteiger charge is 2.34. The molecule has 2 atom stereocenters. The van der Waals surface area contributed by atoms with E-state index >= 15 is 4.39 Å². The van der Waals surface area contributed by atoms with Crippen molar-refractivity contribution in [2.45, 2.75) is 44.5 Å². The average molecular weight is 547 g/mol. The molecule has 9 nitrogen and oxygen atoms in total. The van der Waals surface area contributed by atoms with Crippen LogP contribution in [0.5, 0.6) is 5.75 Å². The molecule has 5 heterocycles. The second-order valence-electron chi connectivity index (χ2n) is 11.3. The van der Waals surface area contributed by atoms with Gasteiger partial charge in [0.1, 0.15) is 17.7 Å². The number of ether oxygens (including phenoxy) is 2. The SMILES string of the molecule is O=C1c2ccc(O[C@H]3CCN(Cc4cc5cnc(N6CCOCC6)nc5cc4F)C3)cc2CN1[C@H]1CCCNC1. The summed E-state index contributed by atoms with van der Waals surface area (Å²) in [5.41, 5.74) is 3.09. The Bertz CT molecular complexity index is 1410. The number of anilines is 1. The van der Waals surface area contributed by atoms with Crippen LogP contribution in [-0.4, -0.2) is 90.3 Å². The van der Waals surface area contributed by atoms with E-state index in [1.807, 2.05) is 29.2 Å². The molecule has 0 radical (unpaired) electrons. The number of carbonyl (C=O) groups is 1. The van der Waals surface area contributed by atoms with Crippen LogP contribution in [0, 0.1) is 5.82 Å². The van der Waals surface area contributed by atoms with E-state index in [0.29, 0.717) is 43.3 Å². The largest absolute Gasteiger partial charge is 0.489 e. The first-order chi connectivity index (χ1) is 19.6. The van der Waals surface area contributed by atoms with Crippen molar-refractivity contribution < 1.29 is 18.7 Å². The molecule has 1 amide bonds. The van der Waals surface area contributed by atoms with Crippen LogP contribution in [0.25, 0.3) is 10.9 Å². The predicted octanol–water partition coefficient (Wildman–Crippen LogP) is 2.97. The van der Waals surface area contributed by atoms with E-state index in [0.717, 1.165) is 80.8 Å². The summed E-state index contributed by atoms with van der Waals surface area (Å²) in [7, 11) is 0. The molecule has 40 heavy (non-hydrogen) atoms. The first-order valence-corrected chi connectivity index (χ1v) is 14.4. The highest BCUT2D eigenvalue weighted by molar-refractivity contribution is 5.98. The lowest BCUT2D eigenvalue weighted by atomic mass is 10.1. The summed E-state index contributed by atoms with van der Waals surface area (Å²) in [4.78, 5) is 28.4. The van der Waals surface area contributed by atoms with Crippen molar-refractivity contribution in [1.82, 2.24) is 25.1 Å². The lowest BCUT2D eigenvalue weighted by Gasteiger charge is -2.31. The highest BCUT2D eigenvalue weighted by atomic mass is 19.1. The summed E-state index contributed by atoms with van der Waals surface area (Å²) in [6.45, 7) is 7.39. The Balaban J connectivity index is 0.979. The maximum absolute atomic E-state index is 15.1. The highest BCUT2D eigenvalue weighted by Crippen LogP contribution is 2.31. The van der Waals surface area contributed by atoms with Crippen molar-refractivity contribution in [2.75, 3.05) is 57.4 Å². The van der Waals surface area contributed by atoms with Crippen LogP contribution < -0.4 is 15.0 Å². The van der Waals surface area contributed by atoms with Crippen LogP contribution >= 0.6 is 0 Å². The number of hydrogen-bond acceptors (Lipinski definition) is 8. The summed E-state index contributed by atoms with van der Waals surface area (Å²) < 4.78 is 26.9. The molecule has 2 aromatic carbocycles. The second-order valence-corrected chi connectivity index (χ2v) is 11.3. The number of piperidine rings is 1. The molecule has 0 saturated carbocycles. The van der Waals surface area contributed by atoms with Gasteiger partial charge in [-0.05, 0) is 55.6 Å². The van der Waals surface area contributed by atoms with Crippen LogP contribution in [0.1, 0.15) is 40.7 Å². The van der Waals surface area contributed by atoms with Crippen LogP contribution in [0.3, 0.4) is 0 Å². The number of carbonyl (C=O) groups excluding carboxylic acids is 1. The molecule has 1 N–H and O–H groups in total. The molecular weight excluding hydrogens is 511 g/mol. The molecule has 4 aliphatic heterocycles. The zero-order chi connectivity index (χ0) is 27.1. The first kappa shape index (κ1) is 25.6. The van der Waals surface area contributed by atoms with E-state index in [4.69, 9.17) is 9.47 Å². The van der Waals surface area contributed by atoms with E-state index < -0.39 is 0 Å². The van der Waals surface area contributed by atoms with Gasteiger partial charge in [-0.2, -0.15) is 0 Å². The lowest BCUT2D eigenvalue weighted by molar-refractivity contribution is 0.0674. The van der Waals surface area contributed by atoms with Crippen LogP contribution in [0.2, 0.25) is 0 Å². The molecule has 10 heteroatoms. The maximum Gasteiger partial charge on any atom is 0.254 e. The van der Waals surface area contributed by atoms with Crippen LogP contribution in [-0.2, 0) is 17.8 Å². The molecule has 0 unspecified atom stereocenters. The number of fused-ring (bicyclic) bond motifs is 2. The summed E-state index contributed by atoms with van der Waals surface area (Å²) in [6, 6.07) is 9.50. The summed E-state index contributed by atoms with van der Waals surface area (Å²) in [5, 5.41) is 4.25. The number of benzene rings is 2. The van der Waals surface area contributed by atoms with Gasteiger partial charge in [-0.1, -0.05) is 0 Å². The quantitative estimate of drug-likeness (QED) is 0.506. The lowest BCUT2D eigenvalue weighted by Crippen LogP contribution is -2.46. The zero-order valence-corrected chi connectivity index (χ0v) is 22.6. The topological polar surface area (TPSA) is 83.1 Å². The Hall–Kier alpha value is -3.34. The second kappa shape index (κ2) is 10.9. The van der Waals surface area contributed by atoms with Crippen LogP contribution in [0.4, 0.5) is 10.3 Å². The van der Waals surface area contributed by atoms with Gasteiger partial charge in [0.15, 0.2) is 0 Å². The number of aromatic nitrogens is 2. The third kappa shape index (κ3) is 5.11. The number of likely N-dealkylation sites (tertiary alicyclic amines) is 1. The Labute approximate surface area is 233 Å². The molecular formula is C30H35FN6O3. The summed E-state index contributed by atoms with van der Waals surface area (Å²) in [5.74, 6) is 1.30. The maximum atomic E-state index is 15.1. The number of morpholine rings is 1. The van der Waals surface area contributed by atoms with Crippen molar-refractivity contribution in [3.63, 3.8) is 0 Å². The van der Waals surface area contributed by atoms with Gasteiger partial charge in [0.05, 0.1) is 18.7 Å². The minimum absolute atomic E-state index is 0.0248. The Morgan fingerprint density at radius 1 is 1.12 bits per heavy atom. The van der Waals surface area contributed by atoms with E-state index in [2.05, 4.69) is 25.1 Å². The normalized spacial score (nSPS) is 23.7. The molecule has 3 saturated heterocycles. The Kier molecular flexibility index (Phi) is 6.99. The number of nitrogens with zero attached hydrogens (tertiary/aromatic N) is 5. The van der Waals surface area contributed by atoms with E-state index in [9.17, 15) is 4.79 Å². The van der Waals surface area contributed by atoms with Gasteiger partial charge >= 0.3 is 0 Å². The first-order valence-electron chi connectivity index (χ1n) is 14.4. The van der Waals surface area contributed by atoms with E-state index in [1.54, 1.807) is 6.20 Å². The molecule has 0 bridgehead atoms. The predicted molar refractivity (Wildman–Crippen MR) is 149 cm³/mol. The Morgan fingerprint density at radius 2 is 2.02 bits per heavy atom. The molecule has 3 aromatic rings. The number of rotatable bonds is 6. The fraction of sp³-hybridized carbons (Fsp3) is 0.500. The van der Waals surface area contributed by atoms with Gasteiger partial charge in [0.2, 0.25) is 5.95 Å². The number of halogens is 1. The number of hydrogen-bond donors (Lipinski definition) is 1. The fourth-order valence-electron chi connectivity index (χ4n) is 6.39. The van der Waals surface area contributed by atoms with Gasteiger partial charge in [0, 0.05) is 80.6 Å². The number of amides is 1. The smallest absolute Gasteiger partial charge is 0.254 e. The standard InChI is InChI=1S/C30H35FN6O3/c31-27-14-28-20(15-33-30(34-28)36-8-10-39-11-9-36)12-22(27)17-35-7-5-25(19-35)40-24-3-4-26-21(13-24)18-37(29(26)38)23-2-1-6-32-16-23/h3-4,12-15,23,25,32H,1-2,5-11,16-19H2/t23-,25-/m0/s1. The third-order valence-electron chi connectivity index (χ3n) is 8.58. The van der Waals surface area contributed by atoms with Crippen molar-refractivity contribution in [1.29, 1.82) is 0 Å². The summed E-state index contributed by atoms with van der Waals surface area (Å²) in [6.07, 6.45) is 4.84. The molecule has 0 spiro atoms. The van der Waals surface area contributed by atoms with Gasteiger partial charge in [0.25, 0.3) is 5.91 Å². The van der Waals surface area contributed by atoms with Crippen LogP contribution in [0.15, 0.2) is 36.5 Å². The van der Waals surface area contributed by atoms with Gasteiger partial charge in [-0.3, -0.25) is 9.69 Å². The van der Waals surface area contributed by atoms with Crippen molar-refractivity contribution >= 4 is 22.8 Å². The van der Waals surface area contributed by atoms with E-state index in [1.165, 1.54) is 6.07 Å². The van der Waals surface area contributed by atoms with E-state index in [-0.39, 0.29) is 23.9 Å². The molecule has 0 aliphatic carbocycles.